The van der Waals surface area contributed by atoms with Gasteiger partial charge in [-0.1, -0.05) is 35.4 Å². The summed E-state index contributed by atoms with van der Waals surface area (Å²) in [4.78, 5) is 27.4. The second-order valence-electron chi connectivity index (χ2n) is 10.5. The Morgan fingerprint density at radius 1 is 0.696 bits per heavy atom. The fourth-order valence-electron chi connectivity index (χ4n) is 4.69. The molecule has 0 fully saturated rings. The first-order chi connectivity index (χ1) is 22.4. The lowest BCUT2D eigenvalue weighted by Crippen LogP contribution is -2.23. The molecular weight excluding hydrogens is 629 g/mol. The Morgan fingerprint density at radius 2 is 1.15 bits per heavy atom. The fraction of sp³-hybridized carbons (Fsp3) is 0.357. The van der Waals surface area contributed by atoms with Gasteiger partial charge in [0.25, 0.3) is 0 Å². The normalized spacial score (nSPS) is 12.0. The maximum atomic E-state index is 12.8. The average molecular weight is 661 g/mol. The van der Waals surface area contributed by atoms with Gasteiger partial charge in [-0.05, 0) is 49.6 Å². The Kier molecular flexibility index (Phi) is 9.63. The molecule has 0 aliphatic rings. The molecule has 16 nitrogen and oxygen atoms in total. The zero-order chi connectivity index (χ0) is 31.9. The molecule has 0 radical (unpaired) electrons. The van der Waals surface area contributed by atoms with Crippen molar-refractivity contribution in [2.75, 3.05) is 0 Å². The van der Waals surface area contributed by atoms with Crippen LogP contribution >= 0.6 is 22.7 Å². The lowest BCUT2D eigenvalue weighted by Gasteiger charge is -2.02. The van der Waals surface area contributed by atoms with Gasteiger partial charge < -0.3 is 0 Å². The molecule has 238 valence electrons. The molecule has 0 bridgehead atoms. The van der Waals surface area contributed by atoms with Gasteiger partial charge in [0.2, 0.25) is 0 Å². The number of hydrogen-bond acceptors (Lipinski definition) is 12. The first-order valence-electron chi connectivity index (χ1n) is 14.7. The monoisotopic (exact) mass is 660 g/mol. The van der Waals surface area contributed by atoms with Gasteiger partial charge in [0, 0.05) is 22.8 Å². The van der Waals surface area contributed by atoms with Crippen molar-refractivity contribution in [2.24, 2.45) is 10.2 Å². The molecule has 0 N–H and O–H groups in total. The van der Waals surface area contributed by atoms with Crippen LogP contribution in [-0.2, 0) is 26.2 Å². The number of aromatic nitrogens is 12. The van der Waals surface area contributed by atoms with Crippen LogP contribution in [0.5, 0.6) is 0 Å². The number of unbranched alkanes of at least 4 members (excludes halogenated alkanes) is 3. The van der Waals surface area contributed by atoms with E-state index in [1.54, 1.807) is 58.3 Å². The molecular formula is C28H32N14O2S2. The van der Waals surface area contributed by atoms with E-state index in [9.17, 15) is 9.59 Å². The largest absolute Gasteiger partial charge is 0.367 e. The first kappa shape index (κ1) is 30.9. The van der Waals surface area contributed by atoms with Gasteiger partial charge in [-0.3, -0.25) is 9.36 Å². The maximum absolute atomic E-state index is 12.8. The quantitative estimate of drug-likeness (QED) is 0.120. The third-order valence-electron chi connectivity index (χ3n) is 6.96. The van der Waals surface area contributed by atoms with Crippen molar-refractivity contribution in [3.63, 3.8) is 0 Å². The van der Waals surface area contributed by atoms with Crippen molar-refractivity contribution in [1.82, 2.24) is 58.9 Å². The van der Waals surface area contributed by atoms with E-state index < -0.39 is 0 Å². The van der Waals surface area contributed by atoms with Crippen LogP contribution in [0.25, 0.3) is 0 Å². The van der Waals surface area contributed by atoms with Gasteiger partial charge >= 0.3 is 11.4 Å². The lowest BCUT2D eigenvalue weighted by molar-refractivity contribution is 0.490. The topological polar surface area (TPSA) is 166 Å². The van der Waals surface area contributed by atoms with Crippen molar-refractivity contribution in [3.05, 3.63) is 101 Å². The van der Waals surface area contributed by atoms with Crippen LogP contribution in [0.3, 0.4) is 0 Å². The van der Waals surface area contributed by atoms with Crippen molar-refractivity contribution in [3.8, 4) is 0 Å². The van der Waals surface area contributed by atoms with E-state index in [-0.39, 0.29) is 24.5 Å². The van der Waals surface area contributed by atoms with E-state index in [1.165, 1.54) is 18.7 Å². The van der Waals surface area contributed by atoms with E-state index in [2.05, 4.69) is 41.0 Å². The summed E-state index contributed by atoms with van der Waals surface area (Å²) in [6, 6.07) is 7.72. The Labute approximate surface area is 270 Å². The standard InChI is InChI=1S/C28H32N14O2S2/c1-21-33-39(27(43)41(21)29-15-25-9-7-13-45-25)19-23-17-37(35-31-23)11-5-3-4-6-12-38-18-24(32-36-38)20-40-28(44)42(22(2)34-40)30-16-26-10-8-14-46-26/h7-10,13-18H,3-6,11-12,19-20H2,1-2H3/b29-15+,30-16+. The molecule has 0 aliphatic carbocycles. The van der Waals surface area contributed by atoms with Crippen LogP contribution < -0.4 is 11.4 Å². The summed E-state index contributed by atoms with van der Waals surface area (Å²) in [5, 5.41) is 37.9. The van der Waals surface area contributed by atoms with Gasteiger partial charge in [0.1, 0.15) is 11.4 Å². The summed E-state index contributed by atoms with van der Waals surface area (Å²) in [6.45, 7) is 5.39. The van der Waals surface area contributed by atoms with Gasteiger partial charge in [0.05, 0.1) is 37.9 Å². The number of aryl methyl sites for hydroxylation is 4. The molecule has 0 amide bonds. The van der Waals surface area contributed by atoms with E-state index in [1.807, 2.05) is 47.4 Å². The maximum Gasteiger partial charge on any atom is 0.367 e. The Balaban J connectivity index is 0.917. The molecule has 6 rings (SSSR count). The third kappa shape index (κ3) is 7.57. The van der Waals surface area contributed by atoms with Crippen molar-refractivity contribution < 1.29 is 0 Å². The highest BCUT2D eigenvalue weighted by molar-refractivity contribution is 7.12. The summed E-state index contributed by atoms with van der Waals surface area (Å²) in [5.41, 5.74) is 0.668. The van der Waals surface area contributed by atoms with Crippen LogP contribution in [0.4, 0.5) is 0 Å². The molecule has 0 saturated carbocycles. The van der Waals surface area contributed by atoms with Crippen LogP contribution in [-0.4, -0.2) is 71.3 Å². The van der Waals surface area contributed by atoms with E-state index in [4.69, 9.17) is 0 Å². The molecule has 0 spiro atoms. The van der Waals surface area contributed by atoms with E-state index in [0.29, 0.717) is 23.0 Å². The van der Waals surface area contributed by atoms with Crippen LogP contribution in [0.1, 0.15) is 58.5 Å². The lowest BCUT2D eigenvalue weighted by atomic mass is 10.2. The van der Waals surface area contributed by atoms with Gasteiger partial charge in [-0.2, -0.15) is 29.8 Å². The number of nitrogens with zero attached hydrogens (tertiary/aromatic N) is 14. The average Bonchev–Trinajstić information content (AvgIpc) is 3.89. The van der Waals surface area contributed by atoms with Crippen LogP contribution in [0.2, 0.25) is 0 Å². The molecule has 0 atom stereocenters. The second kappa shape index (κ2) is 14.3. The highest BCUT2D eigenvalue weighted by atomic mass is 32.1. The van der Waals surface area contributed by atoms with Crippen molar-refractivity contribution in [1.29, 1.82) is 0 Å². The predicted octanol–water partition coefficient (Wildman–Crippen LogP) is 2.45. The van der Waals surface area contributed by atoms with Gasteiger partial charge in [-0.25, -0.2) is 19.0 Å². The van der Waals surface area contributed by atoms with Crippen LogP contribution in [0, 0.1) is 13.8 Å². The highest BCUT2D eigenvalue weighted by Gasteiger charge is 2.13. The van der Waals surface area contributed by atoms with E-state index in [0.717, 1.165) is 48.5 Å². The summed E-state index contributed by atoms with van der Waals surface area (Å²) in [7, 11) is 0. The fourth-order valence-corrected chi connectivity index (χ4v) is 5.85. The Morgan fingerprint density at radius 3 is 1.57 bits per heavy atom. The number of hydrogen-bond donors (Lipinski definition) is 0. The smallest absolute Gasteiger partial charge is 0.252 e. The Hall–Kier alpha value is -5.10. The van der Waals surface area contributed by atoms with E-state index >= 15 is 0 Å². The molecule has 0 aromatic carbocycles. The number of thiophene rings is 2. The van der Waals surface area contributed by atoms with Crippen molar-refractivity contribution in [2.45, 2.75) is 65.7 Å². The van der Waals surface area contributed by atoms with Gasteiger partial charge in [0.15, 0.2) is 11.6 Å². The number of rotatable bonds is 15. The molecule has 0 unspecified atom stereocenters. The molecule has 6 heterocycles. The zero-order valence-corrected chi connectivity index (χ0v) is 27.0. The first-order valence-corrected chi connectivity index (χ1v) is 16.5. The summed E-state index contributed by atoms with van der Waals surface area (Å²) in [6.07, 6.45) is 10.9. The predicted molar refractivity (Wildman–Crippen MR) is 174 cm³/mol. The zero-order valence-electron chi connectivity index (χ0n) is 25.3. The third-order valence-corrected chi connectivity index (χ3v) is 8.57. The molecule has 18 heteroatoms. The Bertz CT molecular complexity index is 1890. The SMILES string of the molecule is Cc1nn(Cc2cn(CCCCCCn3cc(Cn4nc(C)n(/N=C/c5cccs5)c4=O)nn3)nn2)c(=O)n1/N=C/c1cccs1. The molecule has 0 aliphatic heterocycles. The highest BCUT2D eigenvalue weighted by Crippen LogP contribution is 2.08. The summed E-state index contributed by atoms with van der Waals surface area (Å²) in [5.74, 6) is 1.00. The second-order valence-corrected chi connectivity index (χ2v) is 12.4. The molecule has 46 heavy (non-hydrogen) atoms. The summed E-state index contributed by atoms with van der Waals surface area (Å²) >= 11 is 3.09. The summed E-state index contributed by atoms with van der Waals surface area (Å²) < 4.78 is 8.85. The van der Waals surface area contributed by atoms with Crippen molar-refractivity contribution >= 4 is 35.1 Å². The van der Waals surface area contributed by atoms with Gasteiger partial charge in [-0.15, -0.1) is 32.9 Å². The minimum absolute atomic E-state index is 0.223. The molecule has 0 saturated heterocycles. The minimum atomic E-state index is -0.325. The van der Waals surface area contributed by atoms with Crippen LogP contribution in [0.15, 0.2) is 67.2 Å². The molecule has 6 aromatic heterocycles. The minimum Gasteiger partial charge on any atom is -0.252 e. The molecule has 6 aromatic rings.